The van der Waals surface area contributed by atoms with Crippen LogP contribution in [0.5, 0.6) is 0 Å². The van der Waals surface area contributed by atoms with Gasteiger partial charge in [-0.15, -0.1) is 0 Å². The quantitative estimate of drug-likeness (QED) is 0.715. The SMILES string of the molecule is CCNc1cc(C(=O)NCC(=O)NCC(C)C)c(Cl)cn1. The molecule has 7 heteroatoms. The molecular weight excluding hydrogens is 292 g/mol. The Balaban J connectivity index is 2.59. The van der Waals surface area contributed by atoms with Gasteiger partial charge in [-0.1, -0.05) is 25.4 Å². The monoisotopic (exact) mass is 312 g/mol. The van der Waals surface area contributed by atoms with Crippen LogP contribution in [0, 0.1) is 5.92 Å². The van der Waals surface area contributed by atoms with E-state index in [1.54, 1.807) is 6.07 Å². The van der Waals surface area contributed by atoms with Gasteiger partial charge in [-0.3, -0.25) is 9.59 Å². The molecule has 1 rings (SSSR count). The zero-order valence-electron chi connectivity index (χ0n) is 12.5. The first-order valence-electron chi connectivity index (χ1n) is 6.88. The summed E-state index contributed by atoms with van der Waals surface area (Å²) in [5.41, 5.74) is 0.291. The molecule has 1 heterocycles. The van der Waals surface area contributed by atoms with Crippen LogP contribution in [0.3, 0.4) is 0 Å². The van der Waals surface area contributed by atoms with Crippen LogP contribution in [0.2, 0.25) is 5.02 Å². The Labute approximate surface area is 129 Å². The van der Waals surface area contributed by atoms with Crippen LogP contribution in [0.25, 0.3) is 0 Å². The van der Waals surface area contributed by atoms with Crippen molar-refractivity contribution >= 4 is 29.2 Å². The van der Waals surface area contributed by atoms with E-state index in [1.807, 2.05) is 20.8 Å². The Bertz CT molecular complexity index is 506. The fourth-order valence-corrected chi connectivity index (χ4v) is 1.72. The summed E-state index contributed by atoms with van der Waals surface area (Å²) in [6.07, 6.45) is 1.41. The second kappa shape index (κ2) is 8.46. The standard InChI is InChI=1S/C14H21ClN4O2/c1-4-16-12-5-10(11(15)7-17-12)14(21)19-8-13(20)18-6-9(2)3/h5,7,9H,4,6,8H2,1-3H3,(H,16,17)(H,18,20)(H,19,21). The van der Waals surface area contributed by atoms with Gasteiger partial charge in [0.05, 0.1) is 17.1 Å². The molecule has 1 aromatic rings. The number of carbonyl (C=O) groups excluding carboxylic acids is 2. The van der Waals surface area contributed by atoms with Crippen molar-refractivity contribution in [3.8, 4) is 0 Å². The zero-order valence-corrected chi connectivity index (χ0v) is 13.3. The maximum atomic E-state index is 12.0. The molecule has 0 spiro atoms. The molecule has 0 aliphatic heterocycles. The highest BCUT2D eigenvalue weighted by molar-refractivity contribution is 6.33. The lowest BCUT2D eigenvalue weighted by atomic mass is 10.2. The van der Waals surface area contributed by atoms with E-state index in [1.165, 1.54) is 6.20 Å². The van der Waals surface area contributed by atoms with Gasteiger partial charge >= 0.3 is 0 Å². The molecular formula is C14H21ClN4O2. The molecule has 116 valence electrons. The highest BCUT2D eigenvalue weighted by atomic mass is 35.5. The molecule has 0 saturated heterocycles. The van der Waals surface area contributed by atoms with E-state index < -0.39 is 5.91 Å². The van der Waals surface area contributed by atoms with Crippen LogP contribution in [0.15, 0.2) is 12.3 Å². The van der Waals surface area contributed by atoms with Gasteiger partial charge < -0.3 is 16.0 Å². The Hall–Kier alpha value is -1.82. The average molecular weight is 313 g/mol. The normalized spacial score (nSPS) is 10.3. The van der Waals surface area contributed by atoms with Gasteiger partial charge in [0.25, 0.3) is 5.91 Å². The van der Waals surface area contributed by atoms with Gasteiger partial charge in [0, 0.05) is 19.3 Å². The van der Waals surface area contributed by atoms with Crippen molar-refractivity contribution in [1.82, 2.24) is 15.6 Å². The third kappa shape index (κ3) is 5.99. The molecule has 0 radical (unpaired) electrons. The topological polar surface area (TPSA) is 83.1 Å². The number of halogens is 1. The molecule has 0 aliphatic carbocycles. The smallest absolute Gasteiger partial charge is 0.253 e. The number of hydrogen-bond acceptors (Lipinski definition) is 4. The summed E-state index contributed by atoms with van der Waals surface area (Å²) in [5, 5.41) is 8.51. The van der Waals surface area contributed by atoms with Crippen LogP contribution < -0.4 is 16.0 Å². The molecule has 0 saturated carbocycles. The number of nitrogens with zero attached hydrogens (tertiary/aromatic N) is 1. The summed E-state index contributed by atoms with van der Waals surface area (Å²) in [4.78, 5) is 27.6. The van der Waals surface area contributed by atoms with Crippen molar-refractivity contribution in [3.05, 3.63) is 22.8 Å². The number of aromatic nitrogens is 1. The second-order valence-corrected chi connectivity index (χ2v) is 5.37. The summed E-state index contributed by atoms with van der Waals surface area (Å²) < 4.78 is 0. The lowest BCUT2D eigenvalue weighted by Crippen LogP contribution is -2.38. The molecule has 6 nitrogen and oxygen atoms in total. The Morgan fingerprint density at radius 2 is 2.05 bits per heavy atom. The summed E-state index contributed by atoms with van der Waals surface area (Å²) in [5.74, 6) is 0.300. The second-order valence-electron chi connectivity index (χ2n) is 4.96. The minimum absolute atomic E-state index is 0.0826. The fourth-order valence-electron chi connectivity index (χ4n) is 1.53. The maximum Gasteiger partial charge on any atom is 0.253 e. The highest BCUT2D eigenvalue weighted by Crippen LogP contribution is 2.17. The van der Waals surface area contributed by atoms with E-state index in [9.17, 15) is 9.59 Å². The minimum Gasteiger partial charge on any atom is -0.370 e. The minimum atomic E-state index is -0.402. The van der Waals surface area contributed by atoms with Crippen molar-refractivity contribution in [2.45, 2.75) is 20.8 Å². The highest BCUT2D eigenvalue weighted by Gasteiger charge is 2.13. The van der Waals surface area contributed by atoms with Crippen LogP contribution in [-0.4, -0.2) is 36.4 Å². The number of pyridine rings is 1. The van der Waals surface area contributed by atoms with Crippen LogP contribution in [0.1, 0.15) is 31.1 Å². The van der Waals surface area contributed by atoms with Crippen molar-refractivity contribution in [2.24, 2.45) is 5.92 Å². The van der Waals surface area contributed by atoms with Crippen molar-refractivity contribution in [2.75, 3.05) is 25.0 Å². The van der Waals surface area contributed by atoms with E-state index in [4.69, 9.17) is 11.6 Å². The predicted molar refractivity (Wildman–Crippen MR) is 83.6 cm³/mol. The number of anilines is 1. The third-order valence-electron chi connectivity index (χ3n) is 2.57. The zero-order chi connectivity index (χ0) is 15.8. The van der Waals surface area contributed by atoms with Crippen LogP contribution in [0.4, 0.5) is 5.82 Å². The number of carbonyl (C=O) groups is 2. The average Bonchev–Trinajstić information content (AvgIpc) is 2.44. The summed E-state index contributed by atoms with van der Waals surface area (Å²) in [7, 11) is 0. The molecule has 0 bridgehead atoms. The molecule has 0 unspecified atom stereocenters. The van der Waals surface area contributed by atoms with E-state index in [2.05, 4.69) is 20.9 Å². The van der Waals surface area contributed by atoms with E-state index >= 15 is 0 Å². The Kier molecular flexibility index (Phi) is 6.94. The largest absolute Gasteiger partial charge is 0.370 e. The molecule has 0 aromatic carbocycles. The van der Waals surface area contributed by atoms with Crippen LogP contribution in [-0.2, 0) is 4.79 Å². The van der Waals surface area contributed by atoms with Gasteiger partial charge in [-0.25, -0.2) is 4.98 Å². The number of hydrogen-bond donors (Lipinski definition) is 3. The Morgan fingerprint density at radius 1 is 1.33 bits per heavy atom. The molecule has 21 heavy (non-hydrogen) atoms. The van der Waals surface area contributed by atoms with Crippen LogP contribution >= 0.6 is 11.6 Å². The predicted octanol–water partition coefficient (Wildman–Crippen LogP) is 1.67. The van der Waals surface area contributed by atoms with Crippen molar-refractivity contribution < 1.29 is 9.59 Å². The molecule has 1 aromatic heterocycles. The van der Waals surface area contributed by atoms with Crippen molar-refractivity contribution in [3.63, 3.8) is 0 Å². The first kappa shape index (κ1) is 17.2. The summed E-state index contributed by atoms with van der Waals surface area (Å²) in [6.45, 7) is 7.11. The summed E-state index contributed by atoms with van der Waals surface area (Å²) >= 11 is 5.96. The lowest BCUT2D eigenvalue weighted by Gasteiger charge is -2.10. The van der Waals surface area contributed by atoms with Gasteiger partial charge in [0.1, 0.15) is 5.82 Å². The van der Waals surface area contributed by atoms with Gasteiger partial charge in [0.15, 0.2) is 0 Å². The molecule has 0 atom stereocenters. The Morgan fingerprint density at radius 3 is 2.67 bits per heavy atom. The van der Waals surface area contributed by atoms with Crippen molar-refractivity contribution in [1.29, 1.82) is 0 Å². The maximum absolute atomic E-state index is 12.0. The first-order chi connectivity index (χ1) is 9.93. The number of amides is 2. The fraction of sp³-hybridized carbons (Fsp3) is 0.500. The molecule has 2 amide bonds. The molecule has 3 N–H and O–H groups in total. The van der Waals surface area contributed by atoms with E-state index in [0.29, 0.717) is 30.4 Å². The third-order valence-corrected chi connectivity index (χ3v) is 2.88. The van der Waals surface area contributed by atoms with Gasteiger partial charge in [0.2, 0.25) is 5.91 Å². The number of rotatable bonds is 7. The molecule has 0 aliphatic rings. The number of nitrogens with one attached hydrogen (secondary N) is 3. The van der Waals surface area contributed by atoms with Gasteiger partial charge in [-0.05, 0) is 18.9 Å². The first-order valence-corrected chi connectivity index (χ1v) is 7.26. The summed E-state index contributed by atoms with van der Waals surface area (Å²) in [6, 6.07) is 1.56. The van der Waals surface area contributed by atoms with Gasteiger partial charge in [-0.2, -0.15) is 0 Å². The molecule has 0 fully saturated rings. The van der Waals surface area contributed by atoms with E-state index in [-0.39, 0.29) is 17.5 Å². The van der Waals surface area contributed by atoms with E-state index in [0.717, 1.165) is 0 Å². The lowest BCUT2D eigenvalue weighted by molar-refractivity contribution is -0.120.